The molecule has 0 aliphatic rings. The molecule has 0 radical (unpaired) electrons. The van der Waals surface area contributed by atoms with Gasteiger partial charge in [-0.3, -0.25) is 4.57 Å². The van der Waals surface area contributed by atoms with E-state index in [1.165, 1.54) is 11.8 Å². The van der Waals surface area contributed by atoms with E-state index in [2.05, 4.69) is 14.9 Å². The summed E-state index contributed by atoms with van der Waals surface area (Å²) < 4.78 is 29.2. The molecule has 6 nitrogen and oxygen atoms in total. The Morgan fingerprint density at radius 3 is 2.72 bits per heavy atom. The van der Waals surface area contributed by atoms with Crippen molar-refractivity contribution >= 4 is 50.7 Å². The van der Waals surface area contributed by atoms with Gasteiger partial charge in [-0.2, -0.15) is 0 Å². The molecule has 0 saturated carbocycles. The van der Waals surface area contributed by atoms with Crippen LogP contribution in [0.2, 0.25) is 5.02 Å². The van der Waals surface area contributed by atoms with Gasteiger partial charge in [0.25, 0.3) is 10.0 Å². The van der Waals surface area contributed by atoms with Gasteiger partial charge in [0, 0.05) is 17.3 Å². The first-order valence-corrected chi connectivity index (χ1v) is 11.1. The molecule has 2 aromatic heterocycles. The van der Waals surface area contributed by atoms with Crippen LogP contribution in [0.15, 0.2) is 51.1 Å². The molecule has 0 aliphatic heterocycles. The highest BCUT2D eigenvalue weighted by atomic mass is 35.5. The second kappa shape index (κ2) is 7.77. The summed E-state index contributed by atoms with van der Waals surface area (Å²) in [6.07, 6.45) is 0. The van der Waals surface area contributed by atoms with Crippen molar-refractivity contribution in [3.05, 3.63) is 52.4 Å². The summed E-state index contributed by atoms with van der Waals surface area (Å²) in [5.74, 6) is 0.827. The third-order valence-electron chi connectivity index (χ3n) is 3.33. The van der Waals surface area contributed by atoms with Gasteiger partial charge in [0.05, 0.1) is 0 Å². The molecule has 132 valence electrons. The molecule has 0 saturated heterocycles. The van der Waals surface area contributed by atoms with E-state index < -0.39 is 10.0 Å². The summed E-state index contributed by atoms with van der Waals surface area (Å²) in [7, 11) is -3.65. The number of nitrogens with one attached hydrogen (secondary N) is 1. The predicted octanol–water partition coefficient (Wildman–Crippen LogP) is 4.11. The van der Waals surface area contributed by atoms with Crippen LogP contribution in [-0.2, 0) is 22.3 Å². The summed E-state index contributed by atoms with van der Waals surface area (Å²) in [4.78, 5) is 0. The molecule has 0 amide bonds. The van der Waals surface area contributed by atoms with Crippen molar-refractivity contribution in [2.45, 2.75) is 28.6 Å². The number of hydrogen-bond donors (Lipinski definition) is 1. The molecule has 2 heterocycles. The minimum Gasteiger partial charge on any atom is -0.288 e. The zero-order chi connectivity index (χ0) is 17.9. The van der Waals surface area contributed by atoms with E-state index in [1.54, 1.807) is 22.1 Å². The molecule has 1 N–H and O–H groups in total. The van der Waals surface area contributed by atoms with E-state index >= 15 is 0 Å². The summed E-state index contributed by atoms with van der Waals surface area (Å²) in [6, 6.07) is 10.8. The lowest BCUT2D eigenvalue weighted by molar-refractivity contribution is 0.601. The van der Waals surface area contributed by atoms with Crippen molar-refractivity contribution in [2.75, 3.05) is 4.72 Å². The van der Waals surface area contributed by atoms with Crippen LogP contribution >= 0.6 is 34.7 Å². The molecule has 0 unspecified atom stereocenters. The molecular weight excluding hydrogens is 400 g/mol. The first-order valence-electron chi connectivity index (χ1n) is 7.37. The van der Waals surface area contributed by atoms with Gasteiger partial charge < -0.3 is 0 Å². The monoisotopic (exact) mass is 414 g/mol. The van der Waals surface area contributed by atoms with E-state index in [0.29, 0.717) is 22.5 Å². The molecule has 25 heavy (non-hydrogen) atoms. The Labute approximate surface area is 159 Å². The van der Waals surface area contributed by atoms with Crippen LogP contribution in [0, 0.1) is 0 Å². The average Bonchev–Trinajstić information content (AvgIpc) is 3.24. The van der Waals surface area contributed by atoms with Gasteiger partial charge in [0.15, 0.2) is 5.16 Å². The van der Waals surface area contributed by atoms with Crippen LogP contribution in [0.4, 0.5) is 5.95 Å². The van der Waals surface area contributed by atoms with Gasteiger partial charge in [0.2, 0.25) is 5.95 Å². The Kier molecular flexibility index (Phi) is 5.67. The Bertz CT molecular complexity index is 955. The molecule has 1 aromatic carbocycles. The van der Waals surface area contributed by atoms with Crippen molar-refractivity contribution in [2.24, 2.45) is 0 Å². The number of thiophene rings is 1. The molecule has 0 atom stereocenters. The minimum absolute atomic E-state index is 0.206. The fourth-order valence-electron chi connectivity index (χ4n) is 2.10. The van der Waals surface area contributed by atoms with E-state index in [-0.39, 0.29) is 10.2 Å². The Morgan fingerprint density at radius 1 is 1.24 bits per heavy atom. The maximum absolute atomic E-state index is 12.4. The third-order valence-corrected chi connectivity index (χ3v) is 7.44. The second-order valence-electron chi connectivity index (χ2n) is 4.97. The fourth-order valence-corrected chi connectivity index (χ4v) is 5.39. The summed E-state index contributed by atoms with van der Waals surface area (Å²) >= 11 is 8.77. The quantitative estimate of drug-likeness (QED) is 0.589. The van der Waals surface area contributed by atoms with Crippen LogP contribution in [0.3, 0.4) is 0 Å². The van der Waals surface area contributed by atoms with Crippen LogP contribution in [-0.4, -0.2) is 23.2 Å². The van der Waals surface area contributed by atoms with Crippen LogP contribution < -0.4 is 4.72 Å². The highest BCUT2D eigenvalue weighted by molar-refractivity contribution is 7.98. The summed E-state index contributed by atoms with van der Waals surface area (Å²) in [5.41, 5.74) is 0.987. The van der Waals surface area contributed by atoms with E-state index in [9.17, 15) is 8.42 Å². The smallest absolute Gasteiger partial charge is 0.273 e. The molecule has 0 spiro atoms. The summed E-state index contributed by atoms with van der Waals surface area (Å²) in [6.45, 7) is 2.45. The largest absolute Gasteiger partial charge is 0.288 e. The van der Waals surface area contributed by atoms with Crippen LogP contribution in [0.5, 0.6) is 0 Å². The second-order valence-corrected chi connectivity index (χ2v) is 9.17. The minimum atomic E-state index is -3.65. The Morgan fingerprint density at radius 2 is 2.04 bits per heavy atom. The standard InChI is InChI=1S/C15H15ClN4O2S3/c1-2-20-14(19-25(21,22)13-8-5-9-23-13)17-18-15(20)24-10-11-6-3-4-7-12(11)16/h3-9H,2,10H2,1H3,(H,17,19). The Hall–Kier alpha value is -1.55. The molecule has 0 fully saturated rings. The zero-order valence-corrected chi connectivity index (χ0v) is 16.4. The number of halogens is 1. The third kappa shape index (κ3) is 4.17. The number of thioether (sulfide) groups is 1. The molecular formula is C15H15ClN4O2S3. The van der Waals surface area contributed by atoms with Crippen molar-refractivity contribution in [3.63, 3.8) is 0 Å². The van der Waals surface area contributed by atoms with E-state index in [0.717, 1.165) is 16.9 Å². The maximum atomic E-state index is 12.4. The number of benzene rings is 1. The lowest BCUT2D eigenvalue weighted by atomic mass is 10.2. The number of anilines is 1. The fraction of sp³-hybridized carbons (Fsp3) is 0.200. The average molecular weight is 415 g/mol. The Balaban J connectivity index is 1.78. The molecule has 0 aliphatic carbocycles. The van der Waals surface area contributed by atoms with Crippen LogP contribution in [0.25, 0.3) is 0 Å². The van der Waals surface area contributed by atoms with Gasteiger partial charge in [-0.1, -0.05) is 47.6 Å². The van der Waals surface area contributed by atoms with Crippen molar-refractivity contribution in [1.29, 1.82) is 0 Å². The van der Waals surface area contributed by atoms with Gasteiger partial charge in [0.1, 0.15) is 4.21 Å². The van der Waals surface area contributed by atoms with E-state index in [1.807, 2.05) is 31.2 Å². The van der Waals surface area contributed by atoms with Crippen LogP contribution in [0.1, 0.15) is 12.5 Å². The zero-order valence-electron chi connectivity index (χ0n) is 13.2. The molecule has 10 heteroatoms. The normalized spacial score (nSPS) is 11.6. The number of hydrogen-bond acceptors (Lipinski definition) is 6. The number of aromatic nitrogens is 3. The van der Waals surface area contributed by atoms with Gasteiger partial charge in [-0.15, -0.1) is 21.5 Å². The first kappa shape index (κ1) is 18.2. The van der Waals surface area contributed by atoms with Gasteiger partial charge in [-0.05, 0) is 30.0 Å². The topological polar surface area (TPSA) is 76.9 Å². The lowest BCUT2D eigenvalue weighted by Gasteiger charge is -2.09. The summed E-state index contributed by atoms with van der Waals surface area (Å²) in [5, 5.41) is 11.1. The molecule has 0 bridgehead atoms. The predicted molar refractivity (Wildman–Crippen MR) is 102 cm³/mol. The van der Waals surface area contributed by atoms with Gasteiger partial charge >= 0.3 is 0 Å². The van der Waals surface area contributed by atoms with Gasteiger partial charge in [-0.25, -0.2) is 13.1 Å². The van der Waals surface area contributed by atoms with Crippen molar-refractivity contribution in [3.8, 4) is 0 Å². The van der Waals surface area contributed by atoms with Crippen molar-refractivity contribution in [1.82, 2.24) is 14.8 Å². The first-order chi connectivity index (χ1) is 12.0. The van der Waals surface area contributed by atoms with Crippen molar-refractivity contribution < 1.29 is 8.42 Å². The van der Waals surface area contributed by atoms with E-state index in [4.69, 9.17) is 11.6 Å². The lowest BCUT2D eigenvalue weighted by Crippen LogP contribution is -2.15. The highest BCUT2D eigenvalue weighted by Crippen LogP contribution is 2.28. The number of nitrogens with zero attached hydrogens (tertiary/aromatic N) is 3. The maximum Gasteiger partial charge on any atom is 0.273 e. The molecule has 3 aromatic rings. The molecule has 3 rings (SSSR count). The number of sulfonamides is 1. The highest BCUT2D eigenvalue weighted by Gasteiger charge is 2.20. The SMILES string of the molecule is CCn1c(NS(=O)(=O)c2cccs2)nnc1SCc1ccccc1Cl. The number of rotatable bonds is 7.